The monoisotopic (exact) mass is 412 g/mol. The molecule has 0 spiro atoms. The highest BCUT2D eigenvalue weighted by atomic mass is 19.1. The third-order valence-corrected chi connectivity index (χ3v) is 5.75. The summed E-state index contributed by atoms with van der Waals surface area (Å²) in [7, 11) is 0. The van der Waals surface area contributed by atoms with Crippen LogP contribution >= 0.6 is 0 Å². The molecule has 5 rings (SSSR count). The third kappa shape index (κ3) is 3.71. The summed E-state index contributed by atoms with van der Waals surface area (Å²) in [5.41, 5.74) is 4.38. The van der Waals surface area contributed by atoms with Crippen LogP contribution in [0.15, 0.2) is 33.6 Å². The molecular weight excluding hydrogens is 390 g/mol. The number of pyridine rings is 1. The van der Waals surface area contributed by atoms with E-state index in [0.29, 0.717) is 35.9 Å². The molecule has 156 valence electrons. The summed E-state index contributed by atoms with van der Waals surface area (Å²) in [6, 6.07) is 3.60. The zero-order valence-electron chi connectivity index (χ0n) is 16.5. The molecule has 30 heavy (non-hydrogen) atoms. The van der Waals surface area contributed by atoms with E-state index in [2.05, 4.69) is 15.4 Å². The minimum Gasteiger partial charge on any atom is -0.471 e. The lowest BCUT2D eigenvalue weighted by Gasteiger charge is -2.22. The van der Waals surface area contributed by atoms with Crippen molar-refractivity contribution in [3.63, 3.8) is 0 Å². The number of aryl methyl sites for hydroxylation is 1. The van der Waals surface area contributed by atoms with Gasteiger partial charge in [-0.25, -0.2) is 13.8 Å². The Hall–Kier alpha value is -2.74. The smallest absolute Gasteiger partial charge is 0.224 e. The van der Waals surface area contributed by atoms with Gasteiger partial charge in [-0.2, -0.15) is 5.11 Å². The topological polar surface area (TPSA) is 68.4 Å². The second-order valence-corrected chi connectivity index (χ2v) is 7.85. The Kier molecular flexibility index (Phi) is 5.25. The average molecular weight is 412 g/mol. The van der Waals surface area contributed by atoms with Gasteiger partial charge in [-0.15, -0.1) is 5.10 Å². The molecular formula is C22H22F2N4O2. The summed E-state index contributed by atoms with van der Waals surface area (Å²) in [4.78, 5) is 4.88. The molecule has 0 unspecified atom stereocenters. The maximum atomic E-state index is 14.2. The maximum absolute atomic E-state index is 14.2. The second kappa shape index (κ2) is 8.18. The van der Waals surface area contributed by atoms with Gasteiger partial charge >= 0.3 is 0 Å². The normalized spacial score (nSPS) is 20.7. The molecule has 3 heterocycles. The first-order chi connectivity index (χ1) is 14.7. The Morgan fingerprint density at radius 1 is 1.00 bits per heavy atom. The quantitative estimate of drug-likeness (QED) is 0.688. The number of ether oxygens (including phenoxy) is 2. The highest BCUT2D eigenvalue weighted by Gasteiger charge is 2.29. The summed E-state index contributed by atoms with van der Waals surface area (Å²) in [6.45, 7) is 1.41. The Balaban J connectivity index is 1.76. The standard InChI is InChI=1S/C22H22F2N4O2/c23-14-8-13(9-15(24)10-14)20-17-4-2-1-3-5-18(17)26-22(30-16-6-7-29-12-16)21(20)19-11-25-28-27-19/h8-10,16H,1-7,11-12H2/t16-/m0/s1. The van der Waals surface area contributed by atoms with Gasteiger partial charge in [0.2, 0.25) is 5.88 Å². The lowest BCUT2D eigenvalue weighted by Crippen LogP contribution is -2.21. The fourth-order valence-electron chi connectivity index (χ4n) is 4.37. The molecule has 1 aliphatic carbocycles. The van der Waals surface area contributed by atoms with Gasteiger partial charge in [0, 0.05) is 23.7 Å². The number of hydrogen-bond acceptors (Lipinski definition) is 6. The highest BCUT2D eigenvalue weighted by molar-refractivity contribution is 6.10. The number of fused-ring (bicyclic) bond motifs is 1. The molecule has 0 N–H and O–H groups in total. The van der Waals surface area contributed by atoms with Crippen molar-refractivity contribution in [3.8, 4) is 17.0 Å². The molecule has 0 amide bonds. The molecule has 0 radical (unpaired) electrons. The van der Waals surface area contributed by atoms with Gasteiger partial charge in [-0.1, -0.05) is 6.42 Å². The summed E-state index contributed by atoms with van der Waals surface area (Å²) < 4.78 is 40.1. The zero-order valence-corrected chi connectivity index (χ0v) is 16.5. The van der Waals surface area contributed by atoms with Gasteiger partial charge < -0.3 is 9.47 Å². The van der Waals surface area contributed by atoms with Gasteiger partial charge in [0.05, 0.1) is 18.8 Å². The molecule has 2 aromatic rings. The van der Waals surface area contributed by atoms with Gasteiger partial charge in [0.15, 0.2) is 0 Å². The number of aromatic nitrogens is 1. The van der Waals surface area contributed by atoms with Crippen molar-refractivity contribution < 1.29 is 18.3 Å². The number of nitrogens with zero attached hydrogens (tertiary/aromatic N) is 4. The first-order valence-electron chi connectivity index (χ1n) is 10.4. The summed E-state index contributed by atoms with van der Waals surface area (Å²) in [5.74, 6) is -0.814. The van der Waals surface area contributed by atoms with Crippen molar-refractivity contribution in [2.75, 3.05) is 19.8 Å². The van der Waals surface area contributed by atoms with Crippen LogP contribution in [-0.4, -0.2) is 36.6 Å². The Bertz CT molecular complexity index is 1010. The lowest BCUT2D eigenvalue weighted by molar-refractivity contribution is 0.137. The van der Waals surface area contributed by atoms with E-state index in [1.54, 1.807) is 0 Å². The van der Waals surface area contributed by atoms with E-state index in [4.69, 9.17) is 14.5 Å². The number of benzene rings is 1. The number of halogens is 2. The molecule has 1 saturated heterocycles. The van der Waals surface area contributed by atoms with Crippen LogP contribution in [-0.2, 0) is 17.6 Å². The maximum Gasteiger partial charge on any atom is 0.224 e. The molecule has 8 heteroatoms. The van der Waals surface area contributed by atoms with Crippen LogP contribution in [0.3, 0.4) is 0 Å². The molecule has 2 aliphatic heterocycles. The van der Waals surface area contributed by atoms with Crippen LogP contribution in [0.5, 0.6) is 5.88 Å². The zero-order chi connectivity index (χ0) is 20.5. The second-order valence-electron chi connectivity index (χ2n) is 7.85. The van der Waals surface area contributed by atoms with Crippen LogP contribution in [0.1, 0.15) is 42.5 Å². The van der Waals surface area contributed by atoms with Crippen molar-refractivity contribution in [3.05, 3.63) is 46.7 Å². The minimum absolute atomic E-state index is 0.118. The van der Waals surface area contributed by atoms with Gasteiger partial charge in [-0.05, 0) is 54.2 Å². The molecule has 1 fully saturated rings. The van der Waals surface area contributed by atoms with E-state index in [-0.39, 0.29) is 12.6 Å². The Labute approximate surface area is 173 Å². The molecule has 0 bridgehead atoms. The molecule has 1 aromatic heterocycles. The Morgan fingerprint density at radius 2 is 1.83 bits per heavy atom. The fourth-order valence-corrected chi connectivity index (χ4v) is 4.37. The number of hydrogen-bond donors (Lipinski definition) is 0. The van der Waals surface area contributed by atoms with Crippen molar-refractivity contribution >= 4 is 5.71 Å². The number of rotatable bonds is 4. The highest BCUT2D eigenvalue weighted by Crippen LogP contribution is 2.39. The van der Waals surface area contributed by atoms with E-state index in [0.717, 1.165) is 61.4 Å². The van der Waals surface area contributed by atoms with Crippen molar-refractivity contribution in [2.24, 2.45) is 15.4 Å². The van der Waals surface area contributed by atoms with E-state index in [9.17, 15) is 8.78 Å². The van der Waals surface area contributed by atoms with E-state index < -0.39 is 11.6 Å². The summed E-state index contributed by atoms with van der Waals surface area (Å²) in [6.07, 6.45) is 5.35. The fraction of sp³-hybridized carbons (Fsp3) is 0.455. The molecule has 6 nitrogen and oxygen atoms in total. The van der Waals surface area contributed by atoms with Crippen molar-refractivity contribution in [1.82, 2.24) is 4.98 Å². The predicted octanol–water partition coefficient (Wildman–Crippen LogP) is 4.63. The summed E-state index contributed by atoms with van der Waals surface area (Å²) >= 11 is 0. The van der Waals surface area contributed by atoms with Crippen molar-refractivity contribution in [2.45, 2.75) is 44.6 Å². The molecule has 3 aliphatic rings. The minimum atomic E-state index is -0.621. The van der Waals surface area contributed by atoms with Crippen LogP contribution < -0.4 is 4.74 Å². The van der Waals surface area contributed by atoms with Crippen LogP contribution in [0.25, 0.3) is 11.1 Å². The van der Waals surface area contributed by atoms with E-state index in [1.807, 2.05) is 0 Å². The van der Waals surface area contributed by atoms with E-state index in [1.165, 1.54) is 12.1 Å². The SMILES string of the molecule is Fc1cc(F)cc(-c2c3c(nc(O[C@H]4CCOC4)c2C2=NN=NC2)CCCCC3)c1. The van der Waals surface area contributed by atoms with Gasteiger partial charge in [-0.3, -0.25) is 0 Å². The molecule has 1 atom stereocenters. The first kappa shape index (κ1) is 19.2. The average Bonchev–Trinajstić information content (AvgIpc) is 3.37. The van der Waals surface area contributed by atoms with Gasteiger partial charge in [0.25, 0.3) is 0 Å². The largest absolute Gasteiger partial charge is 0.471 e. The van der Waals surface area contributed by atoms with E-state index >= 15 is 0 Å². The predicted molar refractivity (Wildman–Crippen MR) is 107 cm³/mol. The summed E-state index contributed by atoms with van der Waals surface area (Å²) in [5, 5.41) is 11.9. The van der Waals surface area contributed by atoms with Crippen LogP contribution in [0.4, 0.5) is 8.78 Å². The van der Waals surface area contributed by atoms with Crippen LogP contribution in [0.2, 0.25) is 0 Å². The first-order valence-corrected chi connectivity index (χ1v) is 10.4. The lowest BCUT2D eigenvalue weighted by atomic mass is 9.89. The molecule has 1 aromatic carbocycles. The molecule has 0 saturated carbocycles. The van der Waals surface area contributed by atoms with Crippen LogP contribution in [0, 0.1) is 11.6 Å². The van der Waals surface area contributed by atoms with Crippen molar-refractivity contribution in [1.29, 1.82) is 0 Å². The Morgan fingerprint density at radius 3 is 2.57 bits per heavy atom. The van der Waals surface area contributed by atoms with Gasteiger partial charge in [0.1, 0.15) is 30.0 Å². The third-order valence-electron chi connectivity index (χ3n) is 5.75.